The molecule has 1 aromatic rings. The Balaban J connectivity index is 3.04. The highest BCUT2D eigenvalue weighted by Crippen LogP contribution is 2.49. The van der Waals surface area contributed by atoms with Gasteiger partial charge in [-0.05, 0) is 56.3 Å². The van der Waals surface area contributed by atoms with Gasteiger partial charge < -0.3 is 4.57 Å². The predicted molar refractivity (Wildman–Crippen MR) is 96.6 cm³/mol. The van der Waals surface area contributed by atoms with Crippen LogP contribution in [0.3, 0.4) is 0 Å². The first kappa shape index (κ1) is 19.2. The van der Waals surface area contributed by atoms with Crippen LogP contribution in [0.5, 0.6) is 0 Å². The number of hydrogen-bond donors (Lipinski definition) is 0. The van der Waals surface area contributed by atoms with Crippen LogP contribution in [-0.4, -0.2) is 18.4 Å². The molecular formula is C19H31O2P. The zero-order valence-electron chi connectivity index (χ0n) is 15.4. The summed E-state index contributed by atoms with van der Waals surface area (Å²) in [7, 11) is -2.86. The fourth-order valence-corrected chi connectivity index (χ4v) is 5.85. The van der Waals surface area contributed by atoms with Crippen molar-refractivity contribution in [3.8, 4) is 0 Å². The van der Waals surface area contributed by atoms with Crippen molar-refractivity contribution in [1.82, 2.24) is 0 Å². The first-order valence-electron chi connectivity index (χ1n) is 8.03. The molecule has 3 heteroatoms. The van der Waals surface area contributed by atoms with Gasteiger partial charge in [-0.3, -0.25) is 4.79 Å². The SMILES string of the molecule is Cc1cc(C)c(C(=O)P(C)(=O)CC(C)CC(C)(C)C)c(C)c1. The fourth-order valence-electron chi connectivity index (χ4n) is 3.54. The van der Waals surface area contributed by atoms with Crippen molar-refractivity contribution in [2.75, 3.05) is 12.8 Å². The summed E-state index contributed by atoms with van der Waals surface area (Å²) in [6, 6.07) is 4.00. The highest BCUT2D eigenvalue weighted by molar-refractivity contribution is 7.80. The van der Waals surface area contributed by atoms with Gasteiger partial charge in [0.25, 0.3) is 0 Å². The van der Waals surface area contributed by atoms with Crippen molar-refractivity contribution in [1.29, 1.82) is 0 Å². The van der Waals surface area contributed by atoms with Gasteiger partial charge in [-0.15, -0.1) is 0 Å². The number of benzene rings is 1. The third kappa shape index (κ3) is 5.09. The summed E-state index contributed by atoms with van der Waals surface area (Å²) in [6.07, 6.45) is 1.47. The van der Waals surface area contributed by atoms with Crippen molar-refractivity contribution in [3.63, 3.8) is 0 Å². The molecular weight excluding hydrogens is 291 g/mol. The molecule has 0 saturated heterocycles. The second-order valence-electron chi connectivity index (χ2n) is 8.23. The molecule has 2 nitrogen and oxygen atoms in total. The van der Waals surface area contributed by atoms with Gasteiger partial charge >= 0.3 is 0 Å². The van der Waals surface area contributed by atoms with Gasteiger partial charge in [0, 0.05) is 11.7 Å². The summed E-state index contributed by atoms with van der Waals surface area (Å²) in [6.45, 7) is 16.2. The van der Waals surface area contributed by atoms with Gasteiger partial charge in [0.2, 0.25) is 5.52 Å². The number of carbonyl (C=O) groups excluding carboxylic acids is 1. The Morgan fingerprint density at radius 3 is 2.00 bits per heavy atom. The number of aryl methyl sites for hydroxylation is 3. The Morgan fingerprint density at radius 1 is 1.14 bits per heavy atom. The van der Waals surface area contributed by atoms with Gasteiger partial charge in [0.15, 0.2) is 7.14 Å². The van der Waals surface area contributed by atoms with Gasteiger partial charge in [-0.25, -0.2) is 0 Å². The summed E-state index contributed by atoms with van der Waals surface area (Å²) in [5.41, 5.74) is 3.72. The number of carbonyl (C=O) groups is 1. The van der Waals surface area contributed by atoms with E-state index in [9.17, 15) is 9.36 Å². The van der Waals surface area contributed by atoms with Crippen LogP contribution < -0.4 is 0 Å². The second kappa shape index (κ2) is 6.71. The molecule has 0 N–H and O–H groups in total. The molecule has 0 spiro atoms. The molecule has 0 aromatic heterocycles. The number of rotatable bonds is 5. The van der Waals surface area contributed by atoms with Crippen molar-refractivity contribution < 1.29 is 9.36 Å². The highest BCUT2D eigenvalue weighted by Gasteiger charge is 2.32. The normalized spacial score (nSPS) is 16.2. The van der Waals surface area contributed by atoms with E-state index in [0.717, 1.165) is 23.1 Å². The van der Waals surface area contributed by atoms with Crippen LogP contribution in [-0.2, 0) is 4.57 Å². The Bertz CT molecular complexity index is 585. The lowest BCUT2D eigenvalue weighted by molar-refractivity contribution is 0.107. The minimum Gasteiger partial charge on any atom is -0.315 e. The van der Waals surface area contributed by atoms with E-state index in [-0.39, 0.29) is 16.9 Å². The molecule has 1 aromatic carbocycles. The lowest BCUT2D eigenvalue weighted by Crippen LogP contribution is -2.17. The average Bonchev–Trinajstić information content (AvgIpc) is 2.23. The minimum atomic E-state index is -2.86. The Hall–Kier alpha value is -0.880. The van der Waals surface area contributed by atoms with Crippen LogP contribution in [0.1, 0.15) is 61.2 Å². The van der Waals surface area contributed by atoms with Crippen molar-refractivity contribution in [2.24, 2.45) is 11.3 Å². The molecule has 0 bridgehead atoms. The average molecular weight is 322 g/mol. The predicted octanol–water partition coefficient (Wildman–Crippen LogP) is 5.82. The molecule has 0 fully saturated rings. The molecule has 0 radical (unpaired) electrons. The van der Waals surface area contributed by atoms with Gasteiger partial charge in [-0.1, -0.05) is 45.4 Å². The summed E-state index contributed by atoms with van der Waals surface area (Å²) in [4.78, 5) is 12.9. The largest absolute Gasteiger partial charge is 0.315 e. The lowest BCUT2D eigenvalue weighted by atomic mass is 9.86. The van der Waals surface area contributed by atoms with Gasteiger partial charge in [-0.2, -0.15) is 0 Å². The molecule has 2 atom stereocenters. The molecule has 0 heterocycles. The van der Waals surface area contributed by atoms with Crippen LogP contribution >= 0.6 is 7.14 Å². The van der Waals surface area contributed by atoms with E-state index in [1.54, 1.807) is 6.66 Å². The number of hydrogen-bond acceptors (Lipinski definition) is 2. The zero-order valence-corrected chi connectivity index (χ0v) is 16.3. The van der Waals surface area contributed by atoms with Crippen LogP contribution in [0, 0.1) is 32.1 Å². The molecule has 0 aliphatic rings. The van der Waals surface area contributed by atoms with Crippen LogP contribution in [0.15, 0.2) is 12.1 Å². The lowest BCUT2D eigenvalue weighted by Gasteiger charge is -2.25. The molecule has 0 amide bonds. The van der Waals surface area contributed by atoms with E-state index in [2.05, 4.69) is 27.7 Å². The third-order valence-electron chi connectivity index (χ3n) is 3.94. The molecule has 0 aliphatic carbocycles. The van der Waals surface area contributed by atoms with Crippen molar-refractivity contribution in [2.45, 2.75) is 54.9 Å². The van der Waals surface area contributed by atoms with Gasteiger partial charge in [0.05, 0.1) is 0 Å². The summed E-state index contributed by atoms with van der Waals surface area (Å²) < 4.78 is 13.1. The smallest absolute Gasteiger partial charge is 0.221 e. The molecule has 124 valence electrons. The maximum atomic E-state index is 13.1. The molecule has 0 aliphatic heterocycles. The fraction of sp³-hybridized carbons (Fsp3) is 0.632. The first-order chi connectivity index (χ1) is 9.83. The van der Waals surface area contributed by atoms with Gasteiger partial charge in [0.1, 0.15) is 0 Å². The van der Waals surface area contributed by atoms with Crippen molar-refractivity contribution >= 4 is 12.7 Å². The second-order valence-corrected chi connectivity index (χ2v) is 11.2. The molecule has 0 saturated carbocycles. The minimum absolute atomic E-state index is 0.150. The van der Waals surface area contributed by atoms with Crippen LogP contribution in [0.25, 0.3) is 0 Å². The maximum Gasteiger partial charge on any atom is 0.221 e. The molecule has 1 rings (SSSR count). The standard InChI is InChI=1S/C19H31O2P/c1-13-9-15(3)17(16(4)10-13)18(20)22(8,21)12-14(2)11-19(5,6)7/h9-10,14H,11-12H2,1-8H3. The summed E-state index contributed by atoms with van der Waals surface area (Å²) >= 11 is 0. The topological polar surface area (TPSA) is 34.1 Å². The summed E-state index contributed by atoms with van der Waals surface area (Å²) in [5, 5.41) is 0. The van der Waals surface area contributed by atoms with E-state index < -0.39 is 7.14 Å². The third-order valence-corrected chi connectivity index (χ3v) is 6.34. The Kier molecular flexibility index (Phi) is 5.84. The van der Waals surface area contributed by atoms with E-state index in [0.29, 0.717) is 11.7 Å². The monoisotopic (exact) mass is 322 g/mol. The van der Waals surface area contributed by atoms with E-state index in [4.69, 9.17) is 0 Å². The maximum absolute atomic E-state index is 13.1. The zero-order chi connectivity index (χ0) is 17.3. The quantitative estimate of drug-likeness (QED) is 0.640. The highest BCUT2D eigenvalue weighted by atomic mass is 31.2. The van der Waals surface area contributed by atoms with E-state index >= 15 is 0 Å². The Morgan fingerprint density at radius 2 is 1.59 bits per heavy atom. The van der Waals surface area contributed by atoms with Crippen LogP contribution in [0.2, 0.25) is 0 Å². The van der Waals surface area contributed by atoms with Crippen LogP contribution in [0.4, 0.5) is 0 Å². The molecule has 22 heavy (non-hydrogen) atoms. The van der Waals surface area contributed by atoms with E-state index in [1.807, 2.05) is 32.9 Å². The van der Waals surface area contributed by atoms with E-state index in [1.165, 1.54) is 0 Å². The Labute approximate surface area is 136 Å². The first-order valence-corrected chi connectivity index (χ1v) is 10.4. The molecule has 2 unspecified atom stereocenters. The summed E-state index contributed by atoms with van der Waals surface area (Å²) in [5.74, 6) is 0.283. The van der Waals surface area contributed by atoms with Crippen molar-refractivity contribution in [3.05, 3.63) is 34.4 Å².